The van der Waals surface area contributed by atoms with Crippen LogP contribution in [0.1, 0.15) is 45.4 Å². The minimum absolute atomic E-state index is 0.174. The summed E-state index contributed by atoms with van der Waals surface area (Å²) >= 11 is 0. The fourth-order valence-electron chi connectivity index (χ4n) is 2.91. The molecule has 0 aromatic carbocycles. The normalized spacial score (nSPS) is 30.3. The average Bonchev–Trinajstić information content (AvgIpc) is 2.96. The molecule has 1 heterocycles. The van der Waals surface area contributed by atoms with Gasteiger partial charge in [-0.2, -0.15) is 0 Å². The van der Waals surface area contributed by atoms with Gasteiger partial charge in [-0.3, -0.25) is 9.59 Å². The summed E-state index contributed by atoms with van der Waals surface area (Å²) in [5.74, 6) is -0.967. The Morgan fingerprint density at radius 1 is 1.22 bits per heavy atom. The highest BCUT2D eigenvalue weighted by atomic mass is 16.5. The molecule has 2 N–H and O–H groups in total. The van der Waals surface area contributed by atoms with Crippen LogP contribution >= 0.6 is 0 Å². The molecular weight excluding hydrogens is 234 g/mol. The molecule has 2 aliphatic rings. The van der Waals surface area contributed by atoms with Crippen LogP contribution in [0.5, 0.6) is 0 Å². The van der Waals surface area contributed by atoms with Crippen molar-refractivity contribution in [2.24, 2.45) is 5.41 Å². The van der Waals surface area contributed by atoms with Gasteiger partial charge in [0.05, 0.1) is 5.41 Å². The fraction of sp³-hybridized carbons (Fsp3) is 0.846. The lowest BCUT2D eigenvalue weighted by Gasteiger charge is -2.27. The fourth-order valence-corrected chi connectivity index (χ4v) is 2.91. The number of carbonyl (C=O) groups excluding carboxylic acids is 1. The van der Waals surface area contributed by atoms with Crippen molar-refractivity contribution in [1.29, 1.82) is 0 Å². The third kappa shape index (κ3) is 2.36. The van der Waals surface area contributed by atoms with Gasteiger partial charge in [-0.1, -0.05) is 12.8 Å². The molecule has 0 radical (unpaired) electrons. The third-order valence-electron chi connectivity index (χ3n) is 4.30. The maximum absolute atomic E-state index is 12.1. The summed E-state index contributed by atoms with van der Waals surface area (Å²) in [7, 11) is 0. The molecule has 5 nitrogen and oxygen atoms in total. The van der Waals surface area contributed by atoms with Crippen molar-refractivity contribution in [2.75, 3.05) is 13.2 Å². The van der Waals surface area contributed by atoms with Crippen molar-refractivity contribution >= 4 is 11.9 Å². The Bertz CT molecular complexity index is 341. The van der Waals surface area contributed by atoms with Crippen molar-refractivity contribution in [1.82, 2.24) is 5.32 Å². The van der Waals surface area contributed by atoms with E-state index in [4.69, 9.17) is 4.74 Å². The van der Waals surface area contributed by atoms with Crippen LogP contribution in [0.3, 0.4) is 0 Å². The molecule has 0 spiro atoms. The number of carbonyl (C=O) groups is 2. The Kier molecular flexibility index (Phi) is 3.61. The SMILES string of the molecule is CC1(C(=O)NCC2(C(=O)O)CCCC2)CCCO1. The van der Waals surface area contributed by atoms with Crippen LogP contribution in [0.15, 0.2) is 0 Å². The number of hydrogen-bond donors (Lipinski definition) is 2. The Labute approximate surface area is 107 Å². The van der Waals surface area contributed by atoms with Crippen molar-refractivity contribution < 1.29 is 19.4 Å². The van der Waals surface area contributed by atoms with E-state index in [0.29, 0.717) is 25.9 Å². The highest BCUT2D eigenvalue weighted by molar-refractivity contribution is 5.86. The van der Waals surface area contributed by atoms with E-state index < -0.39 is 17.0 Å². The zero-order valence-corrected chi connectivity index (χ0v) is 10.8. The second-order valence-corrected chi connectivity index (χ2v) is 5.66. The predicted molar refractivity (Wildman–Crippen MR) is 65.1 cm³/mol. The maximum atomic E-state index is 12.1. The molecule has 0 aromatic heterocycles. The Balaban J connectivity index is 1.94. The van der Waals surface area contributed by atoms with Crippen LogP contribution in [-0.2, 0) is 14.3 Å². The quantitative estimate of drug-likeness (QED) is 0.794. The van der Waals surface area contributed by atoms with Gasteiger partial charge < -0.3 is 15.2 Å². The van der Waals surface area contributed by atoms with E-state index in [9.17, 15) is 14.7 Å². The monoisotopic (exact) mass is 255 g/mol. The van der Waals surface area contributed by atoms with Gasteiger partial charge in [0.1, 0.15) is 5.60 Å². The smallest absolute Gasteiger partial charge is 0.311 e. The molecule has 2 fully saturated rings. The predicted octanol–water partition coefficient (Wildman–Crippen LogP) is 1.32. The van der Waals surface area contributed by atoms with Gasteiger partial charge in [0.25, 0.3) is 5.91 Å². The number of rotatable bonds is 4. The topological polar surface area (TPSA) is 75.6 Å². The summed E-state index contributed by atoms with van der Waals surface area (Å²) in [4.78, 5) is 23.4. The van der Waals surface area contributed by atoms with Gasteiger partial charge in [0, 0.05) is 13.2 Å². The minimum atomic E-state index is -0.794. The summed E-state index contributed by atoms with van der Waals surface area (Å²) in [6.45, 7) is 2.60. The molecule has 102 valence electrons. The van der Waals surface area contributed by atoms with Gasteiger partial charge in [-0.05, 0) is 32.6 Å². The highest BCUT2D eigenvalue weighted by Crippen LogP contribution is 2.38. The minimum Gasteiger partial charge on any atom is -0.481 e. The average molecular weight is 255 g/mol. The van der Waals surface area contributed by atoms with Crippen molar-refractivity contribution in [2.45, 2.75) is 51.0 Å². The lowest BCUT2D eigenvalue weighted by atomic mass is 9.86. The Hall–Kier alpha value is -1.10. The number of hydrogen-bond acceptors (Lipinski definition) is 3. The first-order chi connectivity index (χ1) is 8.49. The summed E-state index contributed by atoms with van der Waals surface area (Å²) in [6.07, 6.45) is 4.75. The zero-order valence-electron chi connectivity index (χ0n) is 10.8. The second-order valence-electron chi connectivity index (χ2n) is 5.66. The molecule has 5 heteroatoms. The van der Waals surface area contributed by atoms with Crippen LogP contribution < -0.4 is 5.32 Å². The number of nitrogens with one attached hydrogen (secondary N) is 1. The summed E-state index contributed by atoms with van der Waals surface area (Å²) in [5, 5.41) is 12.1. The van der Waals surface area contributed by atoms with E-state index in [2.05, 4.69) is 5.32 Å². The van der Waals surface area contributed by atoms with E-state index in [-0.39, 0.29) is 12.5 Å². The first kappa shape index (κ1) is 13.3. The Morgan fingerprint density at radius 3 is 2.39 bits per heavy atom. The molecule has 0 bridgehead atoms. The summed E-state index contributed by atoms with van der Waals surface area (Å²) in [5.41, 5.74) is -1.52. The number of ether oxygens (including phenoxy) is 1. The zero-order chi connectivity index (χ0) is 13.2. The first-order valence-electron chi connectivity index (χ1n) is 6.64. The van der Waals surface area contributed by atoms with Crippen LogP contribution in [0.2, 0.25) is 0 Å². The van der Waals surface area contributed by atoms with Gasteiger partial charge in [0.2, 0.25) is 0 Å². The maximum Gasteiger partial charge on any atom is 0.311 e. The molecule has 1 aliphatic carbocycles. The molecule has 2 rings (SSSR count). The molecule has 1 atom stereocenters. The summed E-state index contributed by atoms with van der Waals surface area (Å²) in [6, 6.07) is 0. The number of aliphatic carboxylic acids is 1. The van der Waals surface area contributed by atoms with Crippen LogP contribution in [0.4, 0.5) is 0 Å². The number of amides is 1. The van der Waals surface area contributed by atoms with Crippen molar-refractivity contribution in [3.63, 3.8) is 0 Å². The standard InChI is InChI=1S/C13H21NO4/c1-12(5-4-8-18-12)10(15)14-9-13(11(16)17)6-2-3-7-13/h2-9H2,1H3,(H,14,15)(H,16,17). The van der Waals surface area contributed by atoms with Gasteiger partial charge in [-0.25, -0.2) is 0 Å². The van der Waals surface area contributed by atoms with Crippen molar-refractivity contribution in [3.05, 3.63) is 0 Å². The van der Waals surface area contributed by atoms with Gasteiger partial charge >= 0.3 is 5.97 Å². The van der Waals surface area contributed by atoms with Crippen LogP contribution in [0.25, 0.3) is 0 Å². The molecule has 1 aliphatic heterocycles. The van der Waals surface area contributed by atoms with Crippen LogP contribution in [0, 0.1) is 5.41 Å². The van der Waals surface area contributed by atoms with E-state index >= 15 is 0 Å². The van der Waals surface area contributed by atoms with E-state index in [1.165, 1.54) is 0 Å². The van der Waals surface area contributed by atoms with E-state index in [1.807, 2.05) is 0 Å². The first-order valence-corrected chi connectivity index (χ1v) is 6.64. The summed E-state index contributed by atoms with van der Waals surface area (Å²) < 4.78 is 5.45. The lowest BCUT2D eigenvalue weighted by molar-refractivity contribution is -0.149. The third-order valence-corrected chi connectivity index (χ3v) is 4.30. The van der Waals surface area contributed by atoms with Gasteiger partial charge in [0.15, 0.2) is 0 Å². The molecule has 1 saturated carbocycles. The van der Waals surface area contributed by atoms with E-state index in [1.54, 1.807) is 6.92 Å². The molecule has 1 amide bonds. The second kappa shape index (κ2) is 4.88. The number of carboxylic acid groups (broad SMARTS) is 1. The lowest BCUT2D eigenvalue weighted by Crippen LogP contribution is -2.49. The Morgan fingerprint density at radius 2 is 1.89 bits per heavy atom. The van der Waals surface area contributed by atoms with Crippen LogP contribution in [-0.4, -0.2) is 35.7 Å². The molecule has 18 heavy (non-hydrogen) atoms. The van der Waals surface area contributed by atoms with Crippen molar-refractivity contribution in [3.8, 4) is 0 Å². The highest BCUT2D eigenvalue weighted by Gasteiger charge is 2.44. The molecule has 1 unspecified atom stereocenters. The van der Waals surface area contributed by atoms with Gasteiger partial charge in [-0.15, -0.1) is 0 Å². The van der Waals surface area contributed by atoms with E-state index in [0.717, 1.165) is 19.3 Å². The number of carboxylic acids is 1. The molecule has 1 saturated heterocycles. The largest absolute Gasteiger partial charge is 0.481 e. The molecular formula is C13H21NO4. The molecule has 0 aromatic rings.